The fraction of sp³-hybridized carbons (Fsp3) is 0.280. The van der Waals surface area contributed by atoms with Gasteiger partial charge in [-0.3, -0.25) is 4.98 Å². The molecule has 1 N–H and O–H groups in total. The molecule has 0 spiro atoms. The van der Waals surface area contributed by atoms with Gasteiger partial charge in [-0.05, 0) is 42.4 Å². The van der Waals surface area contributed by atoms with Gasteiger partial charge in [0.1, 0.15) is 18.5 Å². The summed E-state index contributed by atoms with van der Waals surface area (Å²) in [4.78, 5) is 6.44. The predicted molar refractivity (Wildman–Crippen MR) is 126 cm³/mol. The Bertz CT molecular complexity index is 928. The van der Waals surface area contributed by atoms with Crippen molar-refractivity contribution in [2.24, 2.45) is 0 Å². The largest absolute Gasteiger partial charge is 0.489 e. The molecule has 3 aromatic rings. The van der Waals surface area contributed by atoms with Crippen molar-refractivity contribution in [3.63, 3.8) is 0 Å². The molecule has 0 aliphatic carbocycles. The van der Waals surface area contributed by atoms with Crippen LogP contribution in [0.15, 0.2) is 79.0 Å². The Labute approximate surface area is 189 Å². The predicted octanol–water partition coefficient (Wildman–Crippen LogP) is 4.13. The summed E-state index contributed by atoms with van der Waals surface area (Å²) in [5, 5.41) is 4.30. The molecule has 31 heavy (non-hydrogen) atoms. The first-order valence-corrected chi connectivity index (χ1v) is 10.9. The molecule has 1 aliphatic rings. The molecule has 1 atom stereocenters. The Kier molecular flexibility index (Phi) is 7.12. The lowest BCUT2D eigenvalue weighted by Crippen LogP contribution is -2.51. The number of morpholine rings is 1. The van der Waals surface area contributed by atoms with Crippen LogP contribution >= 0.6 is 12.2 Å². The van der Waals surface area contributed by atoms with Crippen molar-refractivity contribution in [2.75, 3.05) is 26.3 Å². The second-order valence-corrected chi connectivity index (χ2v) is 7.98. The number of nitrogens with zero attached hydrogens (tertiary/aromatic N) is 2. The lowest BCUT2D eigenvalue weighted by atomic mass is 9.99. The molecule has 1 saturated heterocycles. The van der Waals surface area contributed by atoms with Gasteiger partial charge in [-0.1, -0.05) is 60.7 Å². The van der Waals surface area contributed by atoms with Gasteiger partial charge in [0.15, 0.2) is 5.11 Å². The van der Waals surface area contributed by atoms with E-state index in [-0.39, 0.29) is 12.1 Å². The van der Waals surface area contributed by atoms with E-state index in [9.17, 15) is 0 Å². The van der Waals surface area contributed by atoms with Crippen molar-refractivity contribution >= 4 is 17.3 Å². The van der Waals surface area contributed by atoms with E-state index < -0.39 is 0 Å². The number of rotatable bonds is 6. The normalized spacial score (nSPS) is 16.2. The smallest absolute Gasteiger partial charge is 0.169 e. The van der Waals surface area contributed by atoms with Gasteiger partial charge < -0.3 is 19.7 Å². The molecule has 0 amide bonds. The van der Waals surface area contributed by atoms with Gasteiger partial charge in [-0.2, -0.15) is 0 Å². The number of thiocarbonyl (C=S) groups is 1. The van der Waals surface area contributed by atoms with Crippen LogP contribution in [0.2, 0.25) is 0 Å². The summed E-state index contributed by atoms with van der Waals surface area (Å²) in [6.45, 7) is 4.47. The standard InChI is InChI=1S/C25H27N3O2S/c1-19-12-13-22(16-26-19)30-18-23-17-28(14-15-29-23)25(31)27-24(20-8-4-2-5-9-20)21-10-6-3-7-11-21/h2-13,16,23-24H,14-15,17-18H2,1H3,(H,27,31). The first-order valence-electron chi connectivity index (χ1n) is 10.5. The highest BCUT2D eigenvalue weighted by atomic mass is 32.1. The SMILES string of the molecule is Cc1ccc(OCC2CN(C(=S)NC(c3ccccc3)c3ccccc3)CCO2)cn1. The van der Waals surface area contributed by atoms with Gasteiger partial charge in [0, 0.05) is 18.8 Å². The Morgan fingerprint density at radius 1 is 1.10 bits per heavy atom. The molecule has 0 bridgehead atoms. The quantitative estimate of drug-likeness (QED) is 0.590. The van der Waals surface area contributed by atoms with Crippen LogP contribution in [0, 0.1) is 6.92 Å². The fourth-order valence-corrected chi connectivity index (χ4v) is 3.88. The van der Waals surface area contributed by atoms with Gasteiger partial charge in [0.2, 0.25) is 0 Å². The number of aryl methyl sites for hydroxylation is 1. The van der Waals surface area contributed by atoms with Gasteiger partial charge in [-0.15, -0.1) is 0 Å². The highest BCUT2D eigenvalue weighted by molar-refractivity contribution is 7.80. The van der Waals surface area contributed by atoms with Crippen molar-refractivity contribution in [2.45, 2.75) is 19.1 Å². The van der Waals surface area contributed by atoms with Gasteiger partial charge in [0.25, 0.3) is 0 Å². The number of pyridine rings is 1. The van der Waals surface area contributed by atoms with E-state index in [1.54, 1.807) is 6.20 Å². The van der Waals surface area contributed by atoms with Crippen molar-refractivity contribution in [1.29, 1.82) is 0 Å². The Morgan fingerprint density at radius 2 is 1.77 bits per heavy atom. The minimum Gasteiger partial charge on any atom is -0.489 e. The van der Waals surface area contributed by atoms with Crippen molar-refractivity contribution in [3.8, 4) is 5.75 Å². The second-order valence-electron chi connectivity index (χ2n) is 7.59. The monoisotopic (exact) mass is 433 g/mol. The molecule has 6 heteroatoms. The van der Waals surface area contributed by atoms with Crippen LogP contribution in [0.1, 0.15) is 22.9 Å². The molecule has 4 rings (SSSR count). The summed E-state index contributed by atoms with van der Waals surface area (Å²) in [6, 6.07) is 24.6. The Hall–Kier alpha value is -2.96. The van der Waals surface area contributed by atoms with Crippen molar-refractivity contribution < 1.29 is 9.47 Å². The number of hydrogen-bond acceptors (Lipinski definition) is 4. The molecule has 1 aliphatic heterocycles. The van der Waals surface area contributed by atoms with E-state index in [1.807, 2.05) is 31.2 Å². The zero-order valence-electron chi connectivity index (χ0n) is 17.6. The Balaban J connectivity index is 1.39. The molecular formula is C25H27N3O2S. The van der Waals surface area contributed by atoms with E-state index in [4.69, 9.17) is 21.7 Å². The molecule has 160 valence electrons. The van der Waals surface area contributed by atoms with Crippen LogP contribution < -0.4 is 10.1 Å². The molecule has 2 heterocycles. The summed E-state index contributed by atoms with van der Waals surface area (Å²) in [5.41, 5.74) is 3.32. The second kappa shape index (κ2) is 10.4. The van der Waals surface area contributed by atoms with Crippen LogP contribution in [-0.2, 0) is 4.74 Å². The minimum absolute atomic E-state index is 0.00826. The third kappa shape index (κ3) is 5.81. The van der Waals surface area contributed by atoms with Crippen LogP contribution in [0.4, 0.5) is 0 Å². The summed E-state index contributed by atoms with van der Waals surface area (Å²) in [6.07, 6.45) is 1.69. The summed E-state index contributed by atoms with van der Waals surface area (Å²) >= 11 is 5.80. The zero-order chi connectivity index (χ0) is 21.5. The first kappa shape index (κ1) is 21.3. The van der Waals surface area contributed by atoms with Crippen LogP contribution in [0.3, 0.4) is 0 Å². The third-order valence-electron chi connectivity index (χ3n) is 5.28. The highest BCUT2D eigenvalue weighted by Crippen LogP contribution is 2.22. The number of hydrogen-bond donors (Lipinski definition) is 1. The summed E-state index contributed by atoms with van der Waals surface area (Å²) in [7, 11) is 0. The molecule has 1 fully saturated rings. The van der Waals surface area contributed by atoms with Crippen LogP contribution in [0.25, 0.3) is 0 Å². The maximum atomic E-state index is 5.90. The van der Waals surface area contributed by atoms with E-state index in [1.165, 1.54) is 11.1 Å². The minimum atomic E-state index is -0.0540. The van der Waals surface area contributed by atoms with E-state index in [0.29, 0.717) is 19.8 Å². The molecule has 1 aromatic heterocycles. The maximum absolute atomic E-state index is 5.90. The van der Waals surface area contributed by atoms with E-state index in [2.05, 4.69) is 63.7 Å². The molecule has 0 saturated carbocycles. The topological polar surface area (TPSA) is 46.6 Å². The number of ether oxygens (including phenoxy) is 2. The molecular weight excluding hydrogens is 406 g/mol. The fourth-order valence-electron chi connectivity index (χ4n) is 3.60. The summed E-state index contributed by atoms with van der Waals surface area (Å²) in [5.74, 6) is 0.750. The van der Waals surface area contributed by atoms with Crippen LogP contribution in [-0.4, -0.2) is 47.4 Å². The average Bonchev–Trinajstić information content (AvgIpc) is 2.83. The Morgan fingerprint density at radius 3 is 2.39 bits per heavy atom. The molecule has 2 aromatic carbocycles. The highest BCUT2D eigenvalue weighted by Gasteiger charge is 2.25. The van der Waals surface area contributed by atoms with Crippen molar-refractivity contribution in [3.05, 3.63) is 95.8 Å². The number of benzene rings is 2. The van der Waals surface area contributed by atoms with Gasteiger partial charge in [-0.25, -0.2) is 0 Å². The van der Waals surface area contributed by atoms with Gasteiger partial charge in [0.05, 0.1) is 18.8 Å². The maximum Gasteiger partial charge on any atom is 0.169 e. The zero-order valence-corrected chi connectivity index (χ0v) is 18.4. The summed E-state index contributed by atoms with van der Waals surface area (Å²) < 4.78 is 11.8. The van der Waals surface area contributed by atoms with E-state index in [0.717, 1.165) is 23.1 Å². The lowest BCUT2D eigenvalue weighted by Gasteiger charge is -2.36. The molecule has 0 radical (unpaired) electrons. The molecule has 5 nitrogen and oxygen atoms in total. The average molecular weight is 434 g/mol. The number of nitrogens with one attached hydrogen (secondary N) is 1. The first-order chi connectivity index (χ1) is 15.2. The van der Waals surface area contributed by atoms with Crippen molar-refractivity contribution in [1.82, 2.24) is 15.2 Å². The lowest BCUT2D eigenvalue weighted by molar-refractivity contribution is -0.0289. The number of aromatic nitrogens is 1. The van der Waals surface area contributed by atoms with Crippen LogP contribution in [0.5, 0.6) is 5.75 Å². The van der Waals surface area contributed by atoms with Gasteiger partial charge >= 0.3 is 0 Å². The van der Waals surface area contributed by atoms with E-state index >= 15 is 0 Å². The third-order valence-corrected chi connectivity index (χ3v) is 5.66. The molecule has 1 unspecified atom stereocenters.